The normalized spacial score (nSPS) is 20.0. The standard InChI is InChI=1S/C26H37N5O4/c1-17(2)24-29-26(35-30-24)31-12-10-19(11-13-31)16-34-22-8-9-23(27-15-22)20-4-6-21(7-5-20)25(33)28-14-18(3)32/h4,8-9,15,17-19,21,32H,5-7,10-14,16H2,1-3H3,(H,28,33)/t18-,21?/m1/s1. The summed E-state index contributed by atoms with van der Waals surface area (Å²) in [6.45, 7) is 8.52. The molecule has 9 nitrogen and oxygen atoms in total. The van der Waals surface area contributed by atoms with Gasteiger partial charge in [-0.05, 0) is 62.7 Å². The fourth-order valence-electron chi connectivity index (χ4n) is 4.45. The number of nitrogens with one attached hydrogen (secondary N) is 1. The number of allylic oxidation sites excluding steroid dienone is 2. The number of anilines is 1. The van der Waals surface area contributed by atoms with Crippen LogP contribution in [0.5, 0.6) is 5.75 Å². The molecule has 0 aromatic carbocycles. The predicted octanol–water partition coefficient (Wildman–Crippen LogP) is 3.56. The van der Waals surface area contributed by atoms with E-state index in [1.54, 1.807) is 13.1 Å². The SMILES string of the molecule is CC(C)c1noc(N2CCC(COc3ccc(C4=CCC(C(=O)NC[C@@H](C)O)CC4)nc3)CC2)n1. The molecule has 9 heteroatoms. The molecule has 3 heterocycles. The largest absolute Gasteiger partial charge is 0.492 e. The lowest BCUT2D eigenvalue weighted by molar-refractivity contribution is -0.125. The summed E-state index contributed by atoms with van der Waals surface area (Å²) in [4.78, 5) is 23.5. The average molecular weight is 484 g/mol. The van der Waals surface area contributed by atoms with Crippen molar-refractivity contribution in [2.75, 3.05) is 31.1 Å². The van der Waals surface area contributed by atoms with Gasteiger partial charge in [0.15, 0.2) is 5.82 Å². The van der Waals surface area contributed by atoms with Crippen molar-refractivity contribution in [3.63, 3.8) is 0 Å². The smallest absolute Gasteiger partial charge is 0.324 e. The summed E-state index contributed by atoms with van der Waals surface area (Å²) in [6, 6.07) is 4.60. The van der Waals surface area contributed by atoms with Gasteiger partial charge in [-0.3, -0.25) is 9.78 Å². The monoisotopic (exact) mass is 483 g/mol. The van der Waals surface area contributed by atoms with Crippen LogP contribution in [0.2, 0.25) is 0 Å². The van der Waals surface area contributed by atoms with Crippen molar-refractivity contribution in [2.24, 2.45) is 11.8 Å². The summed E-state index contributed by atoms with van der Waals surface area (Å²) in [5.74, 6) is 2.25. The van der Waals surface area contributed by atoms with Crippen LogP contribution in [0.25, 0.3) is 5.57 Å². The van der Waals surface area contributed by atoms with Gasteiger partial charge in [0, 0.05) is 31.5 Å². The number of hydrogen-bond donors (Lipinski definition) is 2. The molecule has 0 saturated carbocycles. The number of nitrogens with zero attached hydrogens (tertiary/aromatic N) is 4. The Kier molecular flexibility index (Phi) is 8.38. The number of aliphatic hydroxyl groups excluding tert-OH is 1. The molecule has 1 unspecified atom stereocenters. The van der Waals surface area contributed by atoms with Crippen molar-refractivity contribution in [3.8, 4) is 5.75 Å². The van der Waals surface area contributed by atoms with Crippen LogP contribution in [-0.4, -0.2) is 58.5 Å². The first-order valence-electron chi connectivity index (χ1n) is 12.7. The minimum absolute atomic E-state index is 0.0149. The topological polar surface area (TPSA) is 114 Å². The molecule has 1 amide bonds. The molecule has 0 spiro atoms. The zero-order valence-corrected chi connectivity index (χ0v) is 20.9. The third-order valence-corrected chi connectivity index (χ3v) is 6.74. The molecule has 1 aliphatic heterocycles. The maximum atomic E-state index is 12.2. The molecule has 0 bridgehead atoms. The molecule has 1 saturated heterocycles. The van der Waals surface area contributed by atoms with Crippen LogP contribution in [0.3, 0.4) is 0 Å². The fraction of sp³-hybridized carbons (Fsp3) is 0.615. The first-order valence-corrected chi connectivity index (χ1v) is 12.7. The van der Waals surface area contributed by atoms with Crippen LogP contribution in [-0.2, 0) is 4.79 Å². The van der Waals surface area contributed by atoms with Gasteiger partial charge in [-0.25, -0.2) is 0 Å². The van der Waals surface area contributed by atoms with E-state index in [-0.39, 0.29) is 17.7 Å². The van der Waals surface area contributed by atoms with Crippen LogP contribution < -0.4 is 15.0 Å². The number of aliphatic hydroxyl groups is 1. The Balaban J connectivity index is 1.20. The predicted molar refractivity (Wildman–Crippen MR) is 133 cm³/mol. The average Bonchev–Trinajstić information content (AvgIpc) is 3.38. The molecule has 4 rings (SSSR count). The summed E-state index contributed by atoms with van der Waals surface area (Å²) in [5.41, 5.74) is 2.11. The summed E-state index contributed by atoms with van der Waals surface area (Å²) >= 11 is 0. The van der Waals surface area contributed by atoms with Crippen molar-refractivity contribution < 1.29 is 19.2 Å². The zero-order valence-electron chi connectivity index (χ0n) is 20.9. The molecular weight excluding hydrogens is 446 g/mol. The van der Waals surface area contributed by atoms with Crippen LogP contribution in [0.15, 0.2) is 28.9 Å². The highest BCUT2D eigenvalue weighted by Crippen LogP contribution is 2.30. The summed E-state index contributed by atoms with van der Waals surface area (Å²) in [7, 11) is 0. The van der Waals surface area contributed by atoms with Gasteiger partial charge >= 0.3 is 6.01 Å². The van der Waals surface area contributed by atoms with Crippen molar-refractivity contribution >= 4 is 17.5 Å². The molecule has 0 radical (unpaired) electrons. The van der Waals surface area contributed by atoms with E-state index in [2.05, 4.69) is 45.3 Å². The van der Waals surface area contributed by atoms with Crippen molar-refractivity contribution in [3.05, 3.63) is 35.9 Å². The Bertz CT molecular complexity index is 993. The Hall–Kier alpha value is -2.94. The van der Waals surface area contributed by atoms with Gasteiger partial charge in [0.1, 0.15) is 5.75 Å². The second-order valence-electron chi connectivity index (χ2n) is 10.0. The fourth-order valence-corrected chi connectivity index (χ4v) is 4.45. The van der Waals surface area contributed by atoms with Gasteiger partial charge in [-0.2, -0.15) is 4.98 Å². The van der Waals surface area contributed by atoms with Gasteiger partial charge in [0.25, 0.3) is 0 Å². The van der Waals surface area contributed by atoms with E-state index in [4.69, 9.17) is 9.26 Å². The third-order valence-electron chi connectivity index (χ3n) is 6.74. The van der Waals surface area contributed by atoms with Gasteiger partial charge in [-0.15, -0.1) is 0 Å². The number of carbonyl (C=O) groups excluding carboxylic acids is 1. The molecule has 1 aliphatic carbocycles. The number of hydrogen-bond acceptors (Lipinski definition) is 8. The Morgan fingerprint density at radius 1 is 1.26 bits per heavy atom. The second kappa shape index (κ2) is 11.7. The van der Waals surface area contributed by atoms with E-state index in [0.29, 0.717) is 31.5 Å². The Morgan fingerprint density at radius 3 is 2.66 bits per heavy atom. The van der Waals surface area contributed by atoms with Crippen molar-refractivity contribution in [2.45, 2.75) is 64.9 Å². The van der Waals surface area contributed by atoms with Crippen LogP contribution in [0, 0.1) is 11.8 Å². The van der Waals surface area contributed by atoms with Gasteiger partial charge in [-0.1, -0.05) is 25.1 Å². The number of carbonyl (C=O) groups is 1. The maximum Gasteiger partial charge on any atom is 0.324 e. The highest BCUT2D eigenvalue weighted by Gasteiger charge is 2.25. The van der Waals surface area contributed by atoms with Gasteiger partial charge < -0.3 is 24.6 Å². The lowest BCUT2D eigenvalue weighted by Crippen LogP contribution is -2.35. The number of ether oxygens (including phenoxy) is 1. The molecule has 2 N–H and O–H groups in total. The molecule has 2 atom stereocenters. The molecular formula is C26H37N5O4. The first kappa shape index (κ1) is 25.2. The number of aromatic nitrogens is 3. The quantitative estimate of drug-likeness (QED) is 0.557. The summed E-state index contributed by atoms with van der Waals surface area (Å²) in [5, 5.41) is 16.2. The third kappa shape index (κ3) is 6.81. The number of piperidine rings is 1. The van der Waals surface area contributed by atoms with Gasteiger partial charge in [0.05, 0.1) is 24.6 Å². The Labute approximate surface area is 207 Å². The number of amides is 1. The highest BCUT2D eigenvalue weighted by atomic mass is 16.5. The van der Waals surface area contributed by atoms with Crippen LogP contribution in [0.4, 0.5) is 6.01 Å². The summed E-state index contributed by atoms with van der Waals surface area (Å²) in [6.07, 6.45) is 7.71. The van der Waals surface area contributed by atoms with Crippen molar-refractivity contribution in [1.82, 2.24) is 20.4 Å². The van der Waals surface area contributed by atoms with Crippen LogP contribution >= 0.6 is 0 Å². The molecule has 190 valence electrons. The van der Waals surface area contributed by atoms with E-state index >= 15 is 0 Å². The van der Waals surface area contributed by atoms with E-state index in [1.807, 2.05) is 12.1 Å². The first-order chi connectivity index (χ1) is 16.9. The van der Waals surface area contributed by atoms with Crippen molar-refractivity contribution in [1.29, 1.82) is 0 Å². The lowest BCUT2D eigenvalue weighted by atomic mass is 9.87. The summed E-state index contributed by atoms with van der Waals surface area (Å²) < 4.78 is 11.5. The molecule has 35 heavy (non-hydrogen) atoms. The zero-order chi connectivity index (χ0) is 24.8. The maximum absolute atomic E-state index is 12.2. The minimum atomic E-state index is -0.527. The van der Waals surface area contributed by atoms with Crippen LogP contribution in [0.1, 0.15) is 70.3 Å². The van der Waals surface area contributed by atoms with E-state index in [1.165, 1.54) is 5.57 Å². The van der Waals surface area contributed by atoms with E-state index < -0.39 is 6.10 Å². The molecule has 2 aliphatic rings. The minimum Gasteiger partial charge on any atom is -0.492 e. The second-order valence-corrected chi connectivity index (χ2v) is 10.0. The molecule has 2 aromatic heterocycles. The van der Waals surface area contributed by atoms with E-state index in [9.17, 15) is 9.90 Å². The number of pyridine rings is 1. The molecule has 1 fully saturated rings. The van der Waals surface area contributed by atoms with E-state index in [0.717, 1.165) is 56.0 Å². The highest BCUT2D eigenvalue weighted by molar-refractivity contribution is 5.80. The number of rotatable bonds is 9. The lowest BCUT2D eigenvalue weighted by Gasteiger charge is -2.30. The Morgan fingerprint density at radius 2 is 2.06 bits per heavy atom. The van der Waals surface area contributed by atoms with Gasteiger partial charge in [0.2, 0.25) is 5.91 Å². The molecule has 2 aromatic rings.